The molecule has 1 heterocycles. The van der Waals surface area contributed by atoms with Crippen molar-refractivity contribution in [1.82, 2.24) is 15.1 Å². The molecule has 4 heteroatoms. The average Bonchev–Trinajstić information content (AvgIpc) is 2.42. The van der Waals surface area contributed by atoms with Crippen LogP contribution < -0.4 is 5.32 Å². The highest BCUT2D eigenvalue weighted by Crippen LogP contribution is 2.14. The van der Waals surface area contributed by atoms with Crippen LogP contribution in [0.4, 0.5) is 0 Å². The van der Waals surface area contributed by atoms with E-state index in [-0.39, 0.29) is 5.91 Å². The molecule has 1 N–H and O–H groups in total. The van der Waals surface area contributed by atoms with Gasteiger partial charge in [0.1, 0.15) is 0 Å². The highest BCUT2D eigenvalue weighted by atomic mass is 16.1. The second-order valence-electron chi connectivity index (χ2n) is 7.02. The molecular formula is C17H35N3O. The van der Waals surface area contributed by atoms with E-state index in [4.69, 9.17) is 0 Å². The van der Waals surface area contributed by atoms with Gasteiger partial charge in [-0.15, -0.1) is 0 Å². The minimum atomic E-state index is 0.202. The Labute approximate surface area is 131 Å². The van der Waals surface area contributed by atoms with Gasteiger partial charge in [-0.1, -0.05) is 20.3 Å². The second-order valence-corrected chi connectivity index (χ2v) is 7.02. The summed E-state index contributed by atoms with van der Waals surface area (Å²) in [6.07, 6.45) is 6.81. The third-order valence-electron chi connectivity index (χ3n) is 4.41. The highest BCUT2D eigenvalue weighted by molar-refractivity contribution is 5.75. The maximum absolute atomic E-state index is 11.5. The third-order valence-corrected chi connectivity index (χ3v) is 4.41. The van der Waals surface area contributed by atoms with Crippen LogP contribution in [0.15, 0.2) is 0 Å². The minimum absolute atomic E-state index is 0.202. The van der Waals surface area contributed by atoms with Gasteiger partial charge in [0.15, 0.2) is 0 Å². The Morgan fingerprint density at radius 3 is 2.52 bits per heavy atom. The fourth-order valence-corrected chi connectivity index (χ4v) is 2.95. The molecule has 0 aromatic carbocycles. The summed E-state index contributed by atoms with van der Waals surface area (Å²) in [7, 11) is 4.48. The first kappa shape index (κ1) is 18.4. The third kappa shape index (κ3) is 8.42. The van der Waals surface area contributed by atoms with Crippen molar-refractivity contribution >= 4 is 5.91 Å². The summed E-state index contributed by atoms with van der Waals surface area (Å²) < 4.78 is 0. The zero-order chi connectivity index (χ0) is 15.7. The lowest BCUT2D eigenvalue weighted by Gasteiger charge is -2.35. The first-order valence-electron chi connectivity index (χ1n) is 8.64. The van der Waals surface area contributed by atoms with Crippen LogP contribution in [0.1, 0.15) is 52.4 Å². The lowest BCUT2D eigenvalue weighted by atomic mass is 10.0. The fraction of sp³-hybridized carbons (Fsp3) is 0.941. The normalized spacial score (nSPS) is 17.6. The summed E-state index contributed by atoms with van der Waals surface area (Å²) in [5.74, 6) is 0.654. The molecule has 1 amide bonds. The molecule has 21 heavy (non-hydrogen) atoms. The molecule has 124 valence electrons. The van der Waals surface area contributed by atoms with Gasteiger partial charge in [0.2, 0.25) is 5.91 Å². The van der Waals surface area contributed by atoms with E-state index in [1.165, 1.54) is 45.3 Å². The van der Waals surface area contributed by atoms with E-state index < -0.39 is 0 Å². The Morgan fingerprint density at radius 1 is 1.24 bits per heavy atom. The molecule has 1 fully saturated rings. The lowest BCUT2D eigenvalue weighted by Crippen LogP contribution is -2.42. The van der Waals surface area contributed by atoms with Crippen LogP contribution in [0.25, 0.3) is 0 Å². The number of likely N-dealkylation sites (tertiary alicyclic amines) is 1. The van der Waals surface area contributed by atoms with E-state index in [0.29, 0.717) is 12.3 Å². The molecule has 0 bridgehead atoms. The van der Waals surface area contributed by atoms with Crippen molar-refractivity contribution in [1.29, 1.82) is 0 Å². The van der Waals surface area contributed by atoms with Gasteiger partial charge in [0.05, 0.1) is 0 Å². The maximum atomic E-state index is 11.5. The van der Waals surface area contributed by atoms with Crippen LogP contribution in [0.2, 0.25) is 0 Å². The number of unbranched alkanes of at least 4 members (excludes halogenated alkanes) is 2. The zero-order valence-electron chi connectivity index (χ0n) is 14.5. The van der Waals surface area contributed by atoms with Gasteiger partial charge < -0.3 is 15.1 Å². The molecule has 0 aromatic rings. The van der Waals surface area contributed by atoms with Crippen molar-refractivity contribution in [3.8, 4) is 0 Å². The molecule has 1 aliphatic rings. The van der Waals surface area contributed by atoms with Crippen LogP contribution in [0.3, 0.4) is 0 Å². The molecule has 0 radical (unpaired) electrons. The molecule has 0 spiro atoms. The highest BCUT2D eigenvalue weighted by Gasteiger charge is 2.19. The molecule has 1 saturated heterocycles. The number of hydrogen-bond acceptors (Lipinski definition) is 3. The Bertz CT molecular complexity index is 286. The summed E-state index contributed by atoms with van der Waals surface area (Å²) in [5.41, 5.74) is 0. The van der Waals surface area contributed by atoms with Crippen LogP contribution in [0, 0.1) is 5.92 Å². The number of carbonyl (C=O) groups excluding carboxylic acids is 1. The van der Waals surface area contributed by atoms with Gasteiger partial charge in [-0.3, -0.25) is 4.79 Å². The molecule has 0 atom stereocenters. The number of amides is 1. The van der Waals surface area contributed by atoms with E-state index in [0.717, 1.165) is 19.0 Å². The monoisotopic (exact) mass is 297 g/mol. The van der Waals surface area contributed by atoms with Gasteiger partial charge in [-0.2, -0.15) is 0 Å². The predicted molar refractivity (Wildman–Crippen MR) is 89.5 cm³/mol. The van der Waals surface area contributed by atoms with E-state index in [9.17, 15) is 4.79 Å². The van der Waals surface area contributed by atoms with E-state index in [1.807, 2.05) is 0 Å². The fourth-order valence-electron chi connectivity index (χ4n) is 2.95. The largest absolute Gasteiger partial charge is 0.356 e. The summed E-state index contributed by atoms with van der Waals surface area (Å²) >= 11 is 0. The van der Waals surface area contributed by atoms with Crippen LogP contribution >= 0.6 is 0 Å². The first-order valence-corrected chi connectivity index (χ1v) is 8.64. The van der Waals surface area contributed by atoms with Crippen LogP contribution in [-0.2, 0) is 4.79 Å². The number of hydrogen-bond donors (Lipinski definition) is 1. The standard InChI is InChI=1S/C17H35N3O/c1-15(2)14-17(21)18-10-6-5-7-11-20(4)16-8-12-19(3)13-9-16/h15-16H,5-14H2,1-4H3,(H,18,21). The summed E-state index contributed by atoms with van der Waals surface area (Å²) in [4.78, 5) is 16.5. The number of nitrogens with zero attached hydrogens (tertiary/aromatic N) is 2. The molecule has 1 aliphatic heterocycles. The summed E-state index contributed by atoms with van der Waals surface area (Å²) in [5, 5.41) is 3.01. The SMILES string of the molecule is CC(C)CC(=O)NCCCCCN(C)C1CCN(C)CC1. The van der Waals surface area contributed by atoms with Crippen molar-refractivity contribution in [2.45, 2.75) is 58.4 Å². The first-order chi connectivity index (χ1) is 9.99. The maximum Gasteiger partial charge on any atom is 0.220 e. The van der Waals surface area contributed by atoms with Crippen LogP contribution in [0.5, 0.6) is 0 Å². The number of carbonyl (C=O) groups is 1. The van der Waals surface area contributed by atoms with E-state index >= 15 is 0 Å². The number of nitrogens with one attached hydrogen (secondary N) is 1. The number of piperidine rings is 1. The van der Waals surface area contributed by atoms with E-state index in [2.05, 4.69) is 43.1 Å². The molecule has 0 aliphatic carbocycles. The zero-order valence-corrected chi connectivity index (χ0v) is 14.5. The van der Waals surface area contributed by atoms with Gasteiger partial charge in [-0.25, -0.2) is 0 Å². The second kappa shape index (κ2) is 10.2. The van der Waals surface area contributed by atoms with Crippen molar-refractivity contribution in [2.75, 3.05) is 40.3 Å². The quantitative estimate of drug-likeness (QED) is 0.664. The Hall–Kier alpha value is -0.610. The average molecular weight is 297 g/mol. The summed E-state index contributed by atoms with van der Waals surface area (Å²) in [6.45, 7) is 8.66. The van der Waals surface area contributed by atoms with Gasteiger partial charge in [0.25, 0.3) is 0 Å². The Kier molecular flexibility index (Phi) is 8.93. The van der Waals surface area contributed by atoms with Gasteiger partial charge in [-0.05, 0) is 65.3 Å². The predicted octanol–water partition coefficient (Wildman–Crippen LogP) is 2.35. The topological polar surface area (TPSA) is 35.6 Å². The molecule has 4 nitrogen and oxygen atoms in total. The Balaban J connectivity index is 1.97. The molecule has 1 rings (SSSR count). The minimum Gasteiger partial charge on any atom is -0.356 e. The molecule has 0 aromatic heterocycles. The molecular weight excluding hydrogens is 262 g/mol. The lowest BCUT2D eigenvalue weighted by molar-refractivity contribution is -0.121. The van der Waals surface area contributed by atoms with Crippen LogP contribution in [-0.4, -0.2) is 62.0 Å². The van der Waals surface area contributed by atoms with Crippen molar-refractivity contribution < 1.29 is 4.79 Å². The van der Waals surface area contributed by atoms with Gasteiger partial charge >= 0.3 is 0 Å². The smallest absolute Gasteiger partial charge is 0.220 e. The molecule has 0 unspecified atom stereocenters. The summed E-state index contributed by atoms with van der Waals surface area (Å²) in [6, 6.07) is 0.770. The Morgan fingerprint density at radius 2 is 1.90 bits per heavy atom. The van der Waals surface area contributed by atoms with Crippen molar-refractivity contribution in [3.63, 3.8) is 0 Å². The van der Waals surface area contributed by atoms with Gasteiger partial charge in [0, 0.05) is 19.0 Å². The number of rotatable bonds is 9. The molecule has 0 saturated carbocycles. The van der Waals surface area contributed by atoms with Crippen molar-refractivity contribution in [2.24, 2.45) is 5.92 Å². The van der Waals surface area contributed by atoms with Crippen molar-refractivity contribution in [3.05, 3.63) is 0 Å². The van der Waals surface area contributed by atoms with E-state index in [1.54, 1.807) is 0 Å².